The number of nitriles is 1. The van der Waals surface area contributed by atoms with E-state index < -0.39 is 0 Å². The third-order valence-electron chi connectivity index (χ3n) is 5.74. The zero-order valence-electron chi connectivity index (χ0n) is 14.8. The van der Waals surface area contributed by atoms with Crippen molar-refractivity contribution in [2.24, 2.45) is 11.8 Å². The topological polar surface area (TPSA) is 23.8 Å². The molecule has 0 amide bonds. The standard InChI is InChI=1S/C22H23NS2/c1-14-3-7-17(8-4-14)15(2)19-11-21-22(24-19)12-20(25-21)18-9-5-16(13-23)6-10-18/h5-6,9-12,14-15,17H,3-4,7-8H2,1-2H3. The first kappa shape index (κ1) is 16.8. The highest BCUT2D eigenvalue weighted by Gasteiger charge is 2.25. The van der Waals surface area contributed by atoms with E-state index >= 15 is 0 Å². The Kier molecular flexibility index (Phi) is 4.67. The van der Waals surface area contributed by atoms with Crippen LogP contribution < -0.4 is 0 Å². The first-order valence-electron chi connectivity index (χ1n) is 9.18. The minimum atomic E-state index is 0.690. The molecule has 3 heteroatoms. The van der Waals surface area contributed by atoms with Gasteiger partial charge in [-0.05, 0) is 60.4 Å². The molecule has 1 unspecified atom stereocenters. The van der Waals surface area contributed by atoms with Crippen LogP contribution in [0.3, 0.4) is 0 Å². The monoisotopic (exact) mass is 365 g/mol. The van der Waals surface area contributed by atoms with Crippen molar-refractivity contribution >= 4 is 32.1 Å². The van der Waals surface area contributed by atoms with Crippen LogP contribution in [0.4, 0.5) is 0 Å². The molecule has 1 aliphatic rings. The number of nitrogens with zero attached hydrogens (tertiary/aromatic N) is 1. The highest BCUT2D eigenvalue weighted by molar-refractivity contribution is 7.29. The number of benzene rings is 1. The lowest BCUT2D eigenvalue weighted by molar-refractivity contribution is 0.263. The zero-order valence-corrected chi connectivity index (χ0v) is 16.4. The SMILES string of the molecule is CC1CCC(C(C)c2cc3sc(-c4ccc(C#N)cc4)cc3s2)CC1. The van der Waals surface area contributed by atoms with Crippen molar-refractivity contribution in [1.82, 2.24) is 0 Å². The molecule has 1 aliphatic carbocycles. The van der Waals surface area contributed by atoms with Crippen LogP contribution in [0.1, 0.15) is 55.9 Å². The molecule has 1 fully saturated rings. The molecule has 3 aromatic rings. The maximum absolute atomic E-state index is 8.94. The van der Waals surface area contributed by atoms with Crippen LogP contribution in [-0.2, 0) is 0 Å². The van der Waals surface area contributed by atoms with Gasteiger partial charge in [0.1, 0.15) is 0 Å². The van der Waals surface area contributed by atoms with Crippen molar-refractivity contribution in [2.75, 3.05) is 0 Å². The van der Waals surface area contributed by atoms with Crippen LogP contribution in [0.5, 0.6) is 0 Å². The smallest absolute Gasteiger partial charge is 0.0991 e. The van der Waals surface area contributed by atoms with Crippen molar-refractivity contribution < 1.29 is 0 Å². The first-order chi connectivity index (χ1) is 12.1. The summed E-state index contributed by atoms with van der Waals surface area (Å²) in [4.78, 5) is 2.86. The molecule has 2 heterocycles. The number of fused-ring (bicyclic) bond motifs is 1. The molecule has 1 saturated carbocycles. The van der Waals surface area contributed by atoms with Gasteiger partial charge in [-0.25, -0.2) is 0 Å². The Morgan fingerprint density at radius 2 is 1.68 bits per heavy atom. The largest absolute Gasteiger partial charge is 0.192 e. The minimum absolute atomic E-state index is 0.690. The van der Waals surface area contributed by atoms with Crippen molar-refractivity contribution in [3.05, 3.63) is 46.8 Å². The van der Waals surface area contributed by atoms with Crippen molar-refractivity contribution in [3.63, 3.8) is 0 Å². The summed E-state index contributed by atoms with van der Waals surface area (Å²) in [5, 5.41) is 8.94. The molecule has 0 N–H and O–H groups in total. The van der Waals surface area contributed by atoms with E-state index in [0.717, 1.165) is 17.4 Å². The van der Waals surface area contributed by atoms with Gasteiger partial charge in [-0.3, -0.25) is 0 Å². The van der Waals surface area contributed by atoms with Crippen LogP contribution in [0.25, 0.3) is 19.8 Å². The summed E-state index contributed by atoms with van der Waals surface area (Å²) < 4.78 is 2.82. The maximum atomic E-state index is 8.94. The Morgan fingerprint density at radius 1 is 1.00 bits per heavy atom. The second kappa shape index (κ2) is 6.94. The Bertz CT molecular complexity index is 870. The van der Waals surface area contributed by atoms with Crippen LogP contribution in [-0.4, -0.2) is 0 Å². The Morgan fingerprint density at radius 3 is 2.32 bits per heavy atom. The zero-order chi connectivity index (χ0) is 17.4. The van der Waals surface area contributed by atoms with Gasteiger partial charge in [0, 0.05) is 19.2 Å². The predicted molar refractivity (Wildman–Crippen MR) is 109 cm³/mol. The molecule has 1 nitrogen and oxygen atoms in total. The molecule has 2 aromatic heterocycles. The third kappa shape index (κ3) is 3.38. The quantitative estimate of drug-likeness (QED) is 0.473. The van der Waals surface area contributed by atoms with Crippen LogP contribution in [0.2, 0.25) is 0 Å². The number of hydrogen-bond acceptors (Lipinski definition) is 3. The summed E-state index contributed by atoms with van der Waals surface area (Å²) >= 11 is 3.86. The number of hydrogen-bond donors (Lipinski definition) is 0. The van der Waals surface area contributed by atoms with Crippen LogP contribution in [0, 0.1) is 23.2 Å². The molecule has 1 atom stereocenters. The molecule has 0 bridgehead atoms. The van der Waals surface area contributed by atoms with E-state index in [9.17, 15) is 0 Å². The summed E-state index contributed by atoms with van der Waals surface area (Å²) in [5.74, 6) is 2.47. The highest BCUT2D eigenvalue weighted by Crippen LogP contribution is 2.44. The summed E-state index contributed by atoms with van der Waals surface area (Å²) in [7, 11) is 0. The average molecular weight is 366 g/mol. The lowest BCUT2D eigenvalue weighted by Gasteiger charge is -2.30. The Labute approximate surface area is 157 Å². The van der Waals surface area contributed by atoms with Gasteiger partial charge >= 0.3 is 0 Å². The van der Waals surface area contributed by atoms with Gasteiger partial charge in [0.25, 0.3) is 0 Å². The van der Waals surface area contributed by atoms with Gasteiger partial charge in [-0.2, -0.15) is 5.26 Å². The minimum Gasteiger partial charge on any atom is -0.192 e. The normalized spacial score (nSPS) is 22.0. The number of rotatable bonds is 3. The van der Waals surface area contributed by atoms with Gasteiger partial charge in [-0.1, -0.05) is 38.8 Å². The molecule has 0 spiro atoms. The van der Waals surface area contributed by atoms with Crippen LogP contribution in [0.15, 0.2) is 36.4 Å². The molecule has 0 saturated heterocycles. The van der Waals surface area contributed by atoms with Gasteiger partial charge in [-0.15, -0.1) is 22.7 Å². The van der Waals surface area contributed by atoms with E-state index in [2.05, 4.69) is 44.2 Å². The average Bonchev–Trinajstić information content (AvgIpc) is 3.21. The van der Waals surface area contributed by atoms with Crippen molar-refractivity contribution in [1.29, 1.82) is 5.26 Å². The predicted octanol–water partition coefficient (Wildman–Crippen LogP) is 7.43. The highest BCUT2D eigenvalue weighted by atomic mass is 32.1. The first-order valence-corrected chi connectivity index (χ1v) is 10.8. The maximum Gasteiger partial charge on any atom is 0.0991 e. The Balaban J connectivity index is 1.55. The second-order valence-corrected chi connectivity index (χ2v) is 9.68. The summed E-state index contributed by atoms with van der Waals surface area (Å²) in [6.45, 7) is 4.82. The fraction of sp³-hybridized carbons (Fsp3) is 0.409. The second-order valence-electron chi connectivity index (χ2n) is 7.49. The molecule has 4 rings (SSSR count). The molecule has 128 valence electrons. The fourth-order valence-electron chi connectivity index (χ4n) is 3.95. The number of thiophene rings is 2. The van der Waals surface area contributed by atoms with E-state index in [1.165, 1.54) is 45.5 Å². The van der Waals surface area contributed by atoms with E-state index in [1.807, 2.05) is 34.8 Å². The van der Waals surface area contributed by atoms with Gasteiger partial charge in [0.05, 0.1) is 11.6 Å². The molecular weight excluding hydrogens is 342 g/mol. The van der Waals surface area contributed by atoms with Gasteiger partial charge in [0.15, 0.2) is 0 Å². The molecule has 1 aromatic carbocycles. The summed E-state index contributed by atoms with van der Waals surface area (Å²) in [6.07, 6.45) is 5.59. The van der Waals surface area contributed by atoms with E-state index in [4.69, 9.17) is 5.26 Å². The summed E-state index contributed by atoms with van der Waals surface area (Å²) in [5.41, 5.74) is 1.93. The van der Waals surface area contributed by atoms with Crippen LogP contribution >= 0.6 is 22.7 Å². The van der Waals surface area contributed by atoms with Gasteiger partial charge < -0.3 is 0 Å². The lowest BCUT2D eigenvalue weighted by atomic mass is 9.76. The fourth-order valence-corrected chi connectivity index (χ4v) is 6.51. The lowest BCUT2D eigenvalue weighted by Crippen LogP contribution is -2.17. The van der Waals surface area contributed by atoms with Crippen molar-refractivity contribution in [2.45, 2.75) is 45.4 Å². The summed E-state index contributed by atoms with van der Waals surface area (Å²) in [6, 6.07) is 14.9. The molecule has 25 heavy (non-hydrogen) atoms. The molecule has 0 aliphatic heterocycles. The molecular formula is C22H23NS2. The van der Waals surface area contributed by atoms with E-state index in [1.54, 1.807) is 4.88 Å². The Hall–Kier alpha value is -1.63. The third-order valence-corrected chi connectivity index (χ3v) is 8.28. The van der Waals surface area contributed by atoms with E-state index in [0.29, 0.717) is 5.92 Å². The van der Waals surface area contributed by atoms with Crippen molar-refractivity contribution in [3.8, 4) is 16.5 Å². The van der Waals surface area contributed by atoms with Gasteiger partial charge in [0.2, 0.25) is 0 Å². The van der Waals surface area contributed by atoms with E-state index in [-0.39, 0.29) is 0 Å². The molecule has 0 radical (unpaired) electrons.